The van der Waals surface area contributed by atoms with E-state index in [9.17, 15) is 9.59 Å². The maximum Gasteiger partial charge on any atom is 0.312 e. The second kappa shape index (κ2) is 6.64. The predicted octanol–water partition coefficient (Wildman–Crippen LogP) is 2.87. The fourth-order valence-electron chi connectivity index (χ4n) is 2.52. The molecular formula is C17H20O5. The number of carbonyl (C=O) groups is 2. The molecule has 1 aromatic carbocycles. The number of ether oxygens (including phenoxy) is 3. The Morgan fingerprint density at radius 2 is 2.00 bits per heavy atom. The second-order valence-electron chi connectivity index (χ2n) is 5.09. The number of carbonyl (C=O) groups excluding carboxylic acids is 2. The van der Waals surface area contributed by atoms with Crippen LogP contribution in [0.25, 0.3) is 6.08 Å². The Morgan fingerprint density at radius 3 is 2.59 bits per heavy atom. The zero-order valence-electron chi connectivity index (χ0n) is 13.3. The van der Waals surface area contributed by atoms with Crippen molar-refractivity contribution in [2.45, 2.75) is 20.3 Å². The van der Waals surface area contributed by atoms with Gasteiger partial charge in [0.05, 0.1) is 32.3 Å². The number of hydrogen-bond donors (Lipinski definition) is 0. The Morgan fingerprint density at radius 1 is 1.27 bits per heavy atom. The Labute approximate surface area is 129 Å². The van der Waals surface area contributed by atoms with Crippen LogP contribution >= 0.6 is 0 Å². The number of fused-ring (bicyclic) bond motifs is 1. The number of methoxy groups -OCH3 is 2. The van der Waals surface area contributed by atoms with Gasteiger partial charge in [0.1, 0.15) is 11.5 Å². The number of hydrogen-bond acceptors (Lipinski definition) is 5. The third-order valence-electron chi connectivity index (χ3n) is 3.74. The monoisotopic (exact) mass is 304 g/mol. The van der Waals surface area contributed by atoms with Crippen LogP contribution in [-0.2, 0) is 9.53 Å². The van der Waals surface area contributed by atoms with E-state index in [4.69, 9.17) is 14.2 Å². The highest BCUT2D eigenvalue weighted by molar-refractivity contribution is 6.07. The van der Waals surface area contributed by atoms with E-state index in [0.717, 1.165) is 5.57 Å². The van der Waals surface area contributed by atoms with Crippen LogP contribution in [0.15, 0.2) is 17.7 Å². The first-order chi connectivity index (χ1) is 10.5. The molecule has 0 radical (unpaired) electrons. The first kappa shape index (κ1) is 16.1. The zero-order valence-corrected chi connectivity index (χ0v) is 13.3. The first-order valence-corrected chi connectivity index (χ1v) is 7.18. The summed E-state index contributed by atoms with van der Waals surface area (Å²) >= 11 is 0. The molecule has 1 atom stereocenters. The van der Waals surface area contributed by atoms with Crippen LogP contribution in [0.2, 0.25) is 0 Å². The molecule has 1 aliphatic rings. The minimum absolute atomic E-state index is 0.0665. The average Bonchev–Trinajstić information content (AvgIpc) is 2.52. The highest BCUT2D eigenvalue weighted by atomic mass is 16.5. The summed E-state index contributed by atoms with van der Waals surface area (Å²) in [7, 11) is 3.07. The van der Waals surface area contributed by atoms with Crippen molar-refractivity contribution in [3.05, 3.63) is 28.8 Å². The molecule has 0 heterocycles. The van der Waals surface area contributed by atoms with Gasteiger partial charge in [0.15, 0.2) is 5.78 Å². The summed E-state index contributed by atoms with van der Waals surface area (Å²) in [6.07, 6.45) is 2.04. The molecule has 0 aliphatic heterocycles. The molecule has 5 heteroatoms. The third kappa shape index (κ3) is 2.98. The smallest absolute Gasteiger partial charge is 0.312 e. The van der Waals surface area contributed by atoms with E-state index in [2.05, 4.69) is 0 Å². The number of benzene rings is 1. The molecule has 1 aromatic rings. The standard InChI is InChI=1S/C17H20O5/c1-5-22-17(19)10(2)11-6-12-7-13(20-3)9-15(21-4)16(12)14(18)8-11/h6-7,9-10H,5,8H2,1-4H3. The Bertz CT molecular complexity index is 630. The number of ketones is 1. The normalized spacial score (nSPS) is 14.7. The molecule has 0 spiro atoms. The highest BCUT2D eigenvalue weighted by Gasteiger charge is 2.28. The molecule has 0 saturated heterocycles. The number of Topliss-reactive ketones (excluding diaryl/α,β-unsaturated/α-hetero) is 1. The van der Waals surface area contributed by atoms with Crippen LogP contribution < -0.4 is 9.47 Å². The van der Waals surface area contributed by atoms with Crippen molar-refractivity contribution in [3.8, 4) is 11.5 Å². The van der Waals surface area contributed by atoms with Crippen molar-refractivity contribution in [1.29, 1.82) is 0 Å². The minimum Gasteiger partial charge on any atom is -0.497 e. The lowest BCUT2D eigenvalue weighted by Crippen LogP contribution is -2.21. The number of rotatable bonds is 5. The fraction of sp³-hybridized carbons (Fsp3) is 0.412. The lowest BCUT2D eigenvalue weighted by molar-refractivity contribution is -0.146. The molecule has 1 unspecified atom stereocenters. The van der Waals surface area contributed by atoms with E-state index in [0.29, 0.717) is 29.2 Å². The lowest BCUT2D eigenvalue weighted by atomic mass is 9.85. The van der Waals surface area contributed by atoms with Gasteiger partial charge in [0.25, 0.3) is 0 Å². The van der Waals surface area contributed by atoms with Gasteiger partial charge in [-0.25, -0.2) is 0 Å². The van der Waals surface area contributed by atoms with Crippen LogP contribution in [0.1, 0.15) is 36.2 Å². The summed E-state index contributed by atoms with van der Waals surface area (Å²) in [5.41, 5.74) is 1.98. The van der Waals surface area contributed by atoms with Gasteiger partial charge in [-0.15, -0.1) is 0 Å². The van der Waals surface area contributed by atoms with Gasteiger partial charge < -0.3 is 14.2 Å². The van der Waals surface area contributed by atoms with Crippen molar-refractivity contribution < 1.29 is 23.8 Å². The van der Waals surface area contributed by atoms with Gasteiger partial charge >= 0.3 is 5.97 Å². The molecule has 0 aromatic heterocycles. The summed E-state index contributed by atoms with van der Waals surface area (Å²) in [5.74, 6) is 0.250. The van der Waals surface area contributed by atoms with E-state index in [-0.39, 0.29) is 18.2 Å². The molecule has 0 amide bonds. The molecule has 0 bridgehead atoms. The zero-order chi connectivity index (χ0) is 16.3. The van der Waals surface area contributed by atoms with Gasteiger partial charge in [-0.2, -0.15) is 0 Å². The van der Waals surface area contributed by atoms with Crippen molar-refractivity contribution in [2.75, 3.05) is 20.8 Å². The Balaban J connectivity index is 2.46. The van der Waals surface area contributed by atoms with Crippen molar-refractivity contribution in [3.63, 3.8) is 0 Å². The Kier molecular flexibility index (Phi) is 4.85. The van der Waals surface area contributed by atoms with E-state index in [1.165, 1.54) is 7.11 Å². The molecule has 0 N–H and O–H groups in total. The fourth-order valence-corrected chi connectivity index (χ4v) is 2.52. The number of esters is 1. The van der Waals surface area contributed by atoms with Crippen LogP contribution in [-0.4, -0.2) is 32.6 Å². The summed E-state index contributed by atoms with van der Waals surface area (Å²) in [6, 6.07) is 3.46. The van der Waals surface area contributed by atoms with Crippen LogP contribution in [0, 0.1) is 5.92 Å². The summed E-state index contributed by atoms with van der Waals surface area (Å²) in [4.78, 5) is 24.3. The highest BCUT2D eigenvalue weighted by Crippen LogP contribution is 2.37. The van der Waals surface area contributed by atoms with Crippen molar-refractivity contribution >= 4 is 17.8 Å². The van der Waals surface area contributed by atoms with Gasteiger partial charge in [-0.05, 0) is 31.1 Å². The maximum atomic E-state index is 12.4. The van der Waals surface area contributed by atoms with Crippen molar-refractivity contribution in [2.24, 2.45) is 5.92 Å². The summed E-state index contributed by atoms with van der Waals surface area (Å²) in [5, 5.41) is 0. The summed E-state index contributed by atoms with van der Waals surface area (Å²) in [6.45, 7) is 3.83. The van der Waals surface area contributed by atoms with Crippen LogP contribution in [0.5, 0.6) is 11.5 Å². The lowest BCUT2D eigenvalue weighted by Gasteiger charge is -2.22. The minimum atomic E-state index is -0.450. The average molecular weight is 304 g/mol. The van der Waals surface area contributed by atoms with Crippen LogP contribution in [0.4, 0.5) is 0 Å². The topological polar surface area (TPSA) is 61.8 Å². The quantitative estimate of drug-likeness (QED) is 0.783. The SMILES string of the molecule is CCOC(=O)C(C)C1=Cc2cc(OC)cc(OC)c2C(=O)C1. The van der Waals surface area contributed by atoms with Crippen LogP contribution in [0.3, 0.4) is 0 Å². The molecule has 22 heavy (non-hydrogen) atoms. The predicted molar refractivity (Wildman–Crippen MR) is 82.3 cm³/mol. The van der Waals surface area contributed by atoms with Gasteiger partial charge in [-0.1, -0.05) is 6.08 Å². The third-order valence-corrected chi connectivity index (χ3v) is 3.74. The Hall–Kier alpha value is -2.30. The van der Waals surface area contributed by atoms with Gasteiger partial charge in [0.2, 0.25) is 0 Å². The molecule has 1 aliphatic carbocycles. The summed E-state index contributed by atoms with van der Waals surface area (Å²) < 4.78 is 15.5. The van der Waals surface area contributed by atoms with E-state index in [1.54, 1.807) is 33.1 Å². The molecule has 5 nitrogen and oxygen atoms in total. The molecule has 118 valence electrons. The first-order valence-electron chi connectivity index (χ1n) is 7.18. The maximum absolute atomic E-state index is 12.4. The molecule has 2 rings (SSSR count). The van der Waals surface area contributed by atoms with Gasteiger partial charge in [-0.3, -0.25) is 9.59 Å². The van der Waals surface area contributed by atoms with Gasteiger partial charge in [0, 0.05) is 12.5 Å². The van der Waals surface area contributed by atoms with E-state index in [1.807, 2.05) is 6.08 Å². The van der Waals surface area contributed by atoms with Crippen molar-refractivity contribution in [1.82, 2.24) is 0 Å². The molecular weight excluding hydrogens is 284 g/mol. The molecule has 0 saturated carbocycles. The van der Waals surface area contributed by atoms with E-state index >= 15 is 0 Å². The second-order valence-corrected chi connectivity index (χ2v) is 5.09. The largest absolute Gasteiger partial charge is 0.497 e. The van der Waals surface area contributed by atoms with E-state index < -0.39 is 5.92 Å². The molecule has 0 fully saturated rings.